The van der Waals surface area contributed by atoms with Crippen LogP contribution in [0.2, 0.25) is 0 Å². The van der Waals surface area contributed by atoms with E-state index in [9.17, 15) is 27.8 Å². The van der Waals surface area contributed by atoms with Gasteiger partial charge in [0.25, 0.3) is 0 Å². The molecule has 14 heteroatoms. The van der Waals surface area contributed by atoms with Crippen molar-refractivity contribution in [3.05, 3.63) is 35.0 Å². The van der Waals surface area contributed by atoms with Crippen LogP contribution in [0.1, 0.15) is 4.88 Å². The first-order chi connectivity index (χ1) is 17.1. The van der Waals surface area contributed by atoms with Crippen molar-refractivity contribution >= 4 is 11.3 Å². The maximum Gasteiger partial charge on any atom is 0.383 e. The van der Waals surface area contributed by atoms with Gasteiger partial charge in [0.05, 0.1) is 52.9 Å². The highest BCUT2D eigenvalue weighted by Crippen LogP contribution is 2.27. The minimum absolute atomic E-state index is 0.00877. The van der Waals surface area contributed by atoms with Crippen LogP contribution >= 0.6 is 11.3 Å². The fraction of sp³-hybridized carbons (Fsp3) is 0.727. The van der Waals surface area contributed by atoms with E-state index in [2.05, 4.69) is 20.8 Å². The van der Waals surface area contributed by atoms with Gasteiger partial charge in [-0.05, 0) is 11.4 Å². The van der Waals surface area contributed by atoms with Crippen LogP contribution in [-0.2, 0) is 39.6 Å². The normalized spacial score (nSPS) is 14.2. The van der Waals surface area contributed by atoms with E-state index in [-0.39, 0.29) is 39.6 Å². The summed E-state index contributed by atoms with van der Waals surface area (Å²) >= 11 is 1.62. The van der Waals surface area contributed by atoms with E-state index in [1.807, 2.05) is 17.5 Å². The van der Waals surface area contributed by atoms with Crippen molar-refractivity contribution in [3.63, 3.8) is 0 Å². The Hall–Kier alpha value is -1.20. The molecule has 1 rings (SSSR count). The second kappa shape index (κ2) is 19.0. The van der Waals surface area contributed by atoms with Gasteiger partial charge in [-0.15, -0.1) is 17.9 Å². The molecule has 0 saturated heterocycles. The molecule has 0 radical (unpaired) electrons. The van der Waals surface area contributed by atoms with Gasteiger partial charge >= 0.3 is 12.2 Å². The van der Waals surface area contributed by atoms with Crippen LogP contribution in [0.25, 0.3) is 0 Å². The third-order valence-electron chi connectivity index (χ3n) is 3.93. The molecule has 0 aliphatic heterocycles. The predicted octanol–water partition coefficient (Wildman–Crippen LogP) is 2.46. The first-order valence-electron chi connectivity index (χ1n) is 11.0. The fourth-order valence-electron chi connectivity index (χ4n) is 2.44. The highest BCUT2D eigenvalue weighted by molar-refractivity contribution is 7.09. The highest BCUT2D eigenvalue weighted by Gasteiger charge is 2.44. The van der Waals surface area contributed by atoms with E-state index in [4.69, 9.17) is 18.9 Å². The molecule has 2 N–H and O–H groups in total. The molecule has 1 heterocycles. The number of aliphatic hydroxyl groups excluding tert-OH is 2. The average molecular weight is 551 g/mol. The molecule has 0 aliphatic carbocycles. The molecule has 0 aliphatic rings. The molecule has 2 unspecified atom stereocenters. The SMILES string of the molecule is C=CCOCC(O)COCC(F)(F)OC(F)(F)COCOCCOCC(O)COCCc1cccs1. The zero-order valence-electron chi connectivity index (χ0n) is 19.8. The minimum atomic E-state index is -4.32. The van der Waals surface area contributed by atoms with Gasteiger partial charge in [0, 0.05) is 11.3 Å². The van der Waals surface area contributed by atoms with Gasteiger partial charge in [0.15, 0.2) is 0 Å². The largest absolute Gasteiger partial charge is 0.388 e. The van der Waals surface area contributed by atoms with E-state index < -0.39 is 51.0 Å². The van der Waals surface area contributed by atoms with E-state index in [1.54, 1.807) is 11.3 Å². The first kappa shape index (κ1) is 32.8. The van der Waals surface area contributed by atoms with Gasteiger partial charge in [-0.3, -0.25) is 4.74 Å². The summed E-state index contributed by atoms with van der Waals surface area (Å²) in [5.41, 5.74) is 0. The number of rotatable bonds is 24. The Labute approximate surface area is 211 Å². The summed E-state index contributed by atoms with van der Waals surface area (Å²) in [5.74, 6) is 0. The molecular formula is C22H34F4O9S. The zero-order valence-corrected chi connectivity index (χ0v) is 20.6. The molecule has 210 valence electrons. The molecular weight excluding hydrogens is 516 g/mol. The second-order valence-electron chi connectivity index (χ2n) is 7.38. The Morgan fingerprint density at radius 3 is 2.06 bits per heavy atom. The number of hydrogen-bond donors (Lipinski definition) is 2. The maximum atomic E-state index is 13.6. The molecule has 0 spiro atoms. The standard InChI is InChI=1S/C22H34F4O9S/c1-2-6-29-11-19(28)14-33-15-21(23,24)35-22(25,26)16-34-17-32-9-8-31-13-18(27)12-30-7-5-20-4-3-10-36-20/h2-4,10,18-19,27-28H,1,5-9,11-17H2. The Balaban J connectivity index is 2.01. The molecule has 9 nitrogen and oxygen atoms in total. The third kappa shape index (κ3) is 18.1. The summed E-state index contributed by atoms with van der Waals surface area (Å²) in [7, 11) is 0. The van der Waals surface area contributed by atoms with E-state index in [1.165, 1.54) is 11.0 Å². The topological polar surface area (TPSA) is 105 Å². The van der Waals surface area contributed by atoms with Gasteiger partial charge in [-0.2, -0.15) is 17.6 Å². The number of thiophene rings is 1. The quantitative estimate of drug-likeness (QED) is 0.0869. The minimum Gasteiger partial charge on any atom is -0.388 e. The monoisotopic (exact) mass is 550 g/mol. The lowest BCUT2D eigenvalue weighted by molar-refractivity contribution is -0.396. The molecule has 0 aromatic carbocycles. The maximum absolute atomic E-state index is 13.6. The highest BCUT2D eigenvalue weighted by atomic mass is 32.1. The molecule has 0 bridgehead atoms. The zero-order chi connectivity index (χ0) is 26.7. The first-order valence-corrected chi connectivity index (χ1v) is 11.9. The van der Waals surface area contributed by atoms with E-state index in [0.717, 1.165) is 6.42 Å². The van der Waals surface area contributed by atoms with Crippen LogP contribution in [0.5, 0.6) is 0 Å². The molecule has 0 saturated carbocycles. The van der Waals surface area contributed by atoms with Crippen molar-refractivity contribution in [2.75, 3.05) is 72.9 Å². The number of hydrogen-bond acceptors (Lipinski definition) is 10. The van der Waals surface area contributed by atoms with Crippen LogP contribution in [0.3, 0.4) is 0 Å². The van der Waals surface area contributed by atoms with Crippen LogP contribution in [0.15, 0.2) is 30.2 Å². The molecule has 1 aromatic rings. The van der Waals surface area contributed by atoms with Gasteiger partial charge in [-0.1, -0.05) is 12.1 Å². The summed E-state index contributed by atoms with van der Waals surface area (Å²) in [6.07, 6.45) is -8.50. The summed E-state index contributed by atoms with van der Waals surface area (Å²) in [5, 5.41) is 21.2. The summed E-state index contributed by atoms with van der Waals surface area (Å²) in [4.78, 5) is 1.19. The second-order valence-corrected chi connectivity index (χ2v) is 8.41. The van der Waals surface area contributed by atoms with Gasteiger partial charge in [0.2, 0.25) is 0 Å². The van der Waals surface area contributed by atoms with Crippen molar-refractivity contribution in [2.24, 2.45) is 0 Å². The Bertz CT molecular complexity index is 668. The number of ether oxygens (including phenoxy) is 7. The lowest BCUT2D eigenvalue weighted by Crippen LogP contribution is -2.40. The lowest BCUT2D eigenvalue weighted by Gasteiger charge is -2.24. The average Bonchev–Trinajstić information content (AvgIpc) is 3.31. The Morgan fingerprint density at radius 2 is 1.42 bits per heavy atom. The number of aliphatic hydroxyl groups is 2. The smallest absolute Gasteiger partial charge is 0.383 e. The molecule has 1 aromatic heterocycles. The van der Waals surface area contributed by atoms with E-state index >= 15 is 0 Å². The summed E-state index contributed by atoms with van der Waals surface area (Å²) in [6, 6.07) is 3.94. The number of alkyl halides is 4. The molecule has 2 atom stereocenters. The summed E-state index contributed by atoms with van der Waals surface area (Å²) < 4.78 is 87.0. The van der Waals surface area contributed by atoms with Crippen molar-refractivity contribution < 1.29 is 60.9 Å². The van der Waals surface area contributed by atoms with Gasteiger partial charge < -0.3 is 38.6 Å². The van der Waals surface area contributed by atoms with Crippen molar-refractivity contribution in [1.82, 2.24) is 0 Å². The number of halogens is 4. The van der Waals surface area contributed by atoms with Crippen molar-refractivity contribution in [2.45, 2.75) is 30.8 Å². The van der Waals surface area contributed by atoms with Crippen LogP contribution in [-0.4, -0.2) is 107 Å². The summed E-state index contributed by atoms with van der Waals surface area (Å²) in [6.45, 7) is -0.248. The molecule has 0 fully saturated rings. The fourth-order valence-corrected chi connectivity index (χ4v) is 3.13. The molecule has 36 heavy (non-hydrogen) atoms. The van der Waals surface area contributed by atoms with Crippen molar-refractivity contribution in [1.29, 1.82) is 0 Å². The van der Waals surface area contributed by atoms with Crippen LogP contribution < -0.4 is 0 Å². The van der Waals surface area contributed by atoms with Gasteiger partial charge in [-0.25, -0.2) is 0 Å². The van der Waals surface area contributed by atoms with Crippen LogP contribution in [0, 0.1) is 0 Å². The lowest BCUT2D eigenvalue weighted by atomic mass is 10.3. The third-order valence-corrected chi connectivity index (χ3v) is 4.86. The Kier molecular flexibility index (Phi) is 17.3. The van der Waals surface area contributed by atoms with E-state index in [0.29, 0.717) is 6.61 Å². The molecule has 0 amide bonds. The predicted molar refractivity (Wildman–Crippen MR) is 121 cm³/mol. The Morgan fingerprint density at radius 1 is 0.833 bits per heavy atom. The van der Waals surface area contributed by atoms with Crippen LogP contribution in [0.4, 0.5) is 17.6 Å². The van der Waals surface area contributed by atoms with Gasteiger partial charge in [0.1, 0.15) is 32.2 Å². The van der Waals surface area contributed by atoms with Crippen molar-refractivity contribution in [3.8, 4) is 0 Å².